The van der Waals surface area contributed by atoms with E-state index in [0.717, 1.165) is 27.5 Å². The Morgan fingerprint density at radius 1 is 1.02 bits per heavy atom. The summed E-state index contributed by atoms with van der Waals surface area (Å²) in [5.74, 6) is -0.817. The van der Waals surface area contributed by atoms with E-state index in [-0.39, 0.29) is 18.1 Å². The van der Waals surface area contributed by atoms with E-state index in [0.29, 0.717) is 32.8 Å². The number of allylic oxidation sites excluding steroid dienone is 1. The van der Waals surface area contributed by atoms with Crippen LogP contribution in [0.4, 0.5) is 0 Å². The highest BCUT2D eigenvalue weighted by atomic mass is 32.1. The van der Waals surface area contributed by atoms with Crippen LogP contribution in [0.5, 0.6) is 0 Å². The number of carbonyl (C=O) groups excluding carboxylic acids is 2. The van der Waals surface area contributed by atoms with Crippen LogP contribution in [-0.4, -0.2) is 34.3 Å². The van der Waals surface area contributed by atoms with Gasteiger partial charge in [-0.15, -0.1) is 11.3 Å². The number of hydrogen-bond acceptors (Lipinski definition) is 8. The molecule has 0 radical (unpaired) electrons. The van der Waals surface area contributed by atoms with Gasteiger partial charge in [-0.05, 0) is 88.0 Å². The van der Waals surface area contributed by atoms with Crippen LogP contribution in [0.15, 0.2) is 68.9 Å². The van der Waals surface area contributed by atoms with Gasteiger partial charge in [0.1, 0.15) is 6.04 Å². The third-order valence-corrected chi connectivity index (χ3v) is 8.63. The van der Waals surface area contributed by atoms with Crippen molar-refractivity contribution in [2.24, 2.45) is 4.99 Å². The van der Waals surface area contributed by atoms with Crippen LogP contribution < -0.4 is 14.9 Å². The molecule has 40 heavy (non-hydrogen) atoms. The van der Waals surface area contributed by atoms with Crippen LogP contribution >= 0.6 is 22.7 Å². The molecule has 5 rings (SSSR count). The van der Waals surface area contributed by atoms with E-state index in [9.17, 15) is 14.4 Å². The second kappa shape index (κ2) is 11.2. The first-order chi connectivity index (χ1) is 19.2. The maximum atomic E-state index is 13.8. The molecule has 0 saturated heterocycles. The summed E-state index contributed by atoms with van der Waals surface area (Å²) in [4.78, 5) is 44.9. The summed E-state index contributed by atoms with van der Waals surface area (Å²) in [5, 5.41) is 1.93. The average Bonchev–Trinajstić information content (AvgIpc) is 3.63. The zero-order valence-corrected chi connectivity index (χ0v) is 24.5. The summed E-state index contributed by atoms with van der Waals surface area (Å²) in [7, 11) is 0. The van der Waals surface area contributed by atoms with Crippen molar-refractivity contribution in [2.45, 2.75) is 40.7 Å². The van der Waals surface area contributed by atoms with Crippen molar-refractivity contribution in [3.63, 3.8) is 0 Å². The van der Waals surface area contributed by atoms with E-state index in [2.05, 4.69) is 9.56 Å². The Bertz CT molecular complexity index is 1810. The van der Waals surface area contributed by atoms with Gasteiger partial charge in [-0.1, -0.05) is 17.4 Å². The van der Waals surface area contributed by atoms with Gasteiger partial charge in [-0.3, -0.25) is 9.36 Å². The highest BCUT2D eigenvalue weighted by molar-refractivity contribution is 7.10. The highest BCUT2D eigenvalue weighted by Gasteiger charge is 2.34. The minimum atomic E-state index is -0.595. The van der Waals surface area contributed by atoms with Gasteiger partial charge in [0.25, 0.3) is 5.56 Å². The number of thiophene rings is 1. The molecule has 0 aliphatic carbocycles. The number of rotatable bonds is 7. The lowest BCUT2D eigenvalue weighted by Crippen LogP contribution is -2.39. The molecule has 0 saturated carbocycles. The summed E-state index contributed by atoms with van der Waals surface area (Å²) in [6.07, 6.45) is 1.88. The maximum Gasteiger partial charge on any atom is 0.338 e. The lowest BCUT2D eigenvalue weighted by molar-refractivity contribution is -0.139. The number of aromatic nitrogens is 2. The van der Waals surface area contributed by atoms with Gasteiger partial charge in [-0.2, -0.15) is 0 Å². The first kappa shape index (κ1) is 27.5. The Balaban J connectivity index is 1.59. The van der Waals surface area contributed by atoms with Crippen molar-refractivity contribution in [2.75, 3.05) is 13.2 Å². The van der Waals surface area contributed by atoms with Gasteiger partial charge in [0, 0.05) is 22.0 Å². The van der Waals surface area contributed by atoms with E-state index in [4.69, 9.17) is 9.47 Å². The topological polar surface area (TPSA) is 91.9 Å². The molecular weight excluding hydrogens is 546 g/mol. The first-order valence-electron chi connectivity index (χ1n) is 12.9. The zero-order chi connectivity index (χ0) is 28.6. The van der Waals surface area contributed by atoms with E-state index in [1.165, 1.54) is 22.7 Å². The number of carbonyl (C=O) groups is 2. The Kier molecular flexibility index (Phi) is 7.73. The number of fused-ring (bicyclic) bond motifs is 1. The molecule has 4 aromatic rings. The van der Waals surface area contributed by atoms with Crippen LogP contribution in [-0.2, 0) is 14.3 Å². The van der Waals surface area contributed by atoms with Gasteiger partial charge in [0.2, 0.25) is 0 Å². The van der Waals surface area contributed by atoms with Crippen LogP contribution in [0.3, 0.4) is 0 Å². The Morgan fingerprint density at radius 2 is 1.73 bits per heavy atom. The third kappa shape index (κ3) is 4.89. The fraction of sp³-hybridized carbons (Fsp3) is 0.267. The minimum absolute atomic E-state index is 0.208. The number of ether oxygens (including phenoxy) is 2. The number of aryl methyl sites for hydroxylation is 1. The lowest BCUT2D eigenvalue weighted by atomic mass is 10.0. The molecule has 4 heterocycles. The Hall–Kier alpha value is -4.02. The van der Waals surface area contributed by atoms with Crippen LogP contribution in [0.25, 0.3) is 11.8 Å². The summed E-state index contributed by atoms with van der Waals surface area (Å²) < 4.78 is 14.6. The largest absolute Gasteiger partial charge is 0.463 e. The molecule has 1 aliphatic heterocycles. The smallest absolute Gasteiger partial charge is 0.338 e. The summed E-state index contributed by atoms with van der Waals surface area (Å²) >= 11 is 2.79. The minimum Gasteiger partial charge on any atom is -0.463 e. The van der Waals surface area contributed by atoms with Crippen molar-refractivity contribution < 1.29 is 19.1 Å². The lowest BCUT2D eigenvalue weighted by Gasteiger charge is -2.23. The second-order valence-electron chi connectivity index (χ2n) is 9.25. The van der Waals surface area contributed by atoms with E-state index in [1.807, 2.05) is 55.6 Å². The quantitative estimate of drug-likeness (QED) is 0.304. The molecule has 8 nitrogen and oxygen atoms in total. The van der Waals surface area contributed by atoms with Crippen molar-refractivity contribution in [1.82, 2.24) is 9.13 Å². The summed E-state index contributed by atoms with van der Waals surface area (Å²) in [6, 6.07) is 12.5. The molecule has 0 N–H and O–H groups in total. The van der Waals surface area contributed by atoms with Crippen LogP contribution in [0.2, 0.25) is 0 Å². The molecular formula is C30H29N3O5S2. The highest BCUT2D eigenvalue weighted by Crippen LogP contribution is 2.33. The number of nitrogens with zero attached hydrogens (tertiary/aromatic N) is 3. The summed E-state index contributed by atoms with van der Waals surface area (Å²) in [6.45, 7) is 9.87. The predicted octanol–water partition coefficient (Wildman–Crippen LogP) is 4.44. The van der Waals surface area contributed by atoms with Gasteiger partial charge >= 0.3 is 11.9 Å². The zero-order valence-electron chi connectivity index (χ0n) is 22.9. The molecule has 1 aliphatic rings. The molecule has 1 atom stereocenters. The SMILES string of the molecule is CCOC(=O)C1=C(C)N=c2s/c(=C/c3cc(C)n(-c4ccc(C(=O)OCC)cc4)c3C)c(=O)n2[C@@H]1c1cccs1. The number of esters is 2. The maximum absolute atomic E-state index is 13.8. The molecule has 0 bridgehead atoms. The van der Waals surface area contributed by atoms with E-state index in [1.54, 1.807) is 37.5 Å². The molecule has 1 aromatic carbocycles. The van der Waals surface area contributed by atoms with Crippen molar-refractivity contribution in [3.05, 3.63) is 106 Å². The molecule has 0 amide bonds. The molecule has 206 valence electrons. The molecule has 3 aromatic heterocycles. The predicted molar refractivity (Wildman–Crippen MR) is 156 cm³/mol. The fourth-order valence-corrected chi connectivity index (χ4v) is 6.80. The number of hydrogen-bond donors (Lipinski definition) is 0. The van der Waals surface area contributed by atoms with Crippen LogP contribution in [0.1, 0.15) is 59.0 Å². The Labute approximate surface area is 239 Å². The fourth-order valence-electron chi connectivity index (χ4n) is 4.94. The number of thiazole rings is 1. The Morgan fingerprint density at radius 3 is 2.38 bits per heavy atom. The number of benzene rings is 1. The first-order valence-corrected chi connectivity index (χ1v) is 14.6. The van der Waals surface area contributed by atoms with Gasteiger partial charge in [0.05, 0.1) is 34.6 Å². The monoisotopic (exact) mass is 575 g/mol. The second-order valence-corrected chi connectivity index (χ2v) is 11.2. The van der Waals surface area contributed by atoms with Crippen molar-refractivity contribution in [3.8, 4) is 5.69 Å². The molecule has 10 heteroatoms. The van der Waals surface area contributed by atoms with Gasteiger partial charge in [-0.25, -0.2) is 14.6 Å². The average molecular weight is 576 g/mol. The van der Waals surface area contributed by atoms with Crippen molar-refractivity contribution >= 4 is 40.7 Å². The van der Waals surface area contributed by atoms with Gasteiger partial charge in [0.15, 0.2) is 4.80 Å². The standard InChI is InChI=1S/C30H29N3O5S2/c1-6-37-28(35)20-10-12-22(13-11-20)32-17(3)15-21(19(32)5)16-24-27(34)33-26(23-9-8-14-39-23)25(29(36)38-7-2)18(4)31-30(33)40-24/h8-16,26H,6-7H2,1-5H3/b24-16+/t26-/m1/s1. The van der Waals surface area contributed by atoms with Gasteiger partial charge < -0.3 is 14.0 Å². The van der Waals surface area contributed by atoms with E-state index < -0.39 is 12.0 Å². The summed E-state index contributed by atoms with van der Waals surface area (Å²) in [5.41, 5.74) is 4.94. The van der Waals surface area contributed by atoms with Crippen LogP contribution in [0, 0.1) is 13.8 Å². The van der Waals surface area contributed by atoms with E-state index >= 15 is 0 Å². The normalized spacial score (nSPS) is 15.1. The molecule has 0 unspecified atom stereocenters. The molecule has 0 fully saturated rings. The molecule has 0 spiro atoms. The third-order valence-electron chi connectivity index (χ3n) is 6.72. The van der Waals surface area contributed by atoms with Crippen molar-refractivity contribution in [1.29, 1.82) is 0 Å².